The molecule has 0 saturated carbocycles. The van der Waals surface area contributed by atoms with E-state index < -0.39 is 5.97 Å². The van der Waals surface area contributed by atoms with Gasteiger partial charge in [-0.05, 0) is 51.5 Å². The number of carboxylic acids is 1. The van der Waals surface area contributed by atoms with Crippen LogP contribution in [-0.4, -0.2) is 66.8 Å². The molecule has 0 aromatic heterocycles. The quantitative estimate of drug-likeness (QED) is 0.735. The molecule has 0 bridgehead atoms. The molecule has 0 radical (unpaired) electrons. The Morgan fingerprint density at radius 2 is 1.96 bits per heavy atom. The van der Waals surface area contributed by atoms with Crippen LogP contribution in [0.3, 0.4) is 0 Å². The van der Waals surface area contributed by atoms with Gasteiger partial charge in [0.1, 0.15) is 5.75 Å². The van der Waals surface area contributed by atoms with Crippen molar-refractivity contribution < 1.29 is 14.6 Å². The summed E-state index contributed by atoms with van der Waals surface area (Å²) in [7, 11) is 1.90. The second-order valence-electron chi connectivity index (χ2n) is 5.90. The van der Waals surface area contributed by atoms with Gasteiger partial charge in [0.25, 0.3) is 0 Å². The first-order valence-corrected chi connectivity index (χ1v) is 7.97. The molecule has 0 unspecified atom stereocenters. The third-order valence-corrected chi connectivity index (χ3v) is 4.20. The Morgan fingerprint density at radius 3 is 2.57 bits per heavy atom. The summed E-state index contributed by atoms with van der Waals surface area (Å²) in [6.07, 6.45) is 3.11. The molecule has 0 amide bonds. The number of para-hydroxylation sites is 1. The van der Waals surface area contributed by atoms with Crippen LogP contribution in [0.5, 0.6) is 5.75 Å². The van der Waals surface area contributed by atoms with Crippen LogP contribution in [-0.2, 0) is 4.79 Å². The van der Waals surface area contributed by atoms with E-state index in [-0.39, 0.29) is 19.0 Å². The molecule has 1 aliphatic rings. The van der Waals surface area contributed by atoms with E-state index in [0.29, 0.717) is 6.04 Å². The number of likely N-dealkylation sites (tertiary alicyclic amines) is 1. The molecule has 6 heteroatoms. The van der Waals surface area contributed by atoms with Gasteiger partial charge in [-0.1, -0.05) is 18.2 Å². The Balaban J connectivity index is 0.00000264. The molecule has 1 aliphatic heterocycles. The molecular formula is C17H27ClN2O3. The smallest absolute Gasteiger partial charge is 0.317 e. The molecule has 0 atom stereocenters. The Kier molecular flexibility index (Phi) is 8.99. The molecule has 1 aromatic carbocycles. The summed E-state index contributed by atoms with van der Waals surface area (Å²) in [5.74, 6) is 0.180. The van der Waals surface area contributed by atoms with E-state index in [0.717, 1.165) is 51.3 Å². The van der Waals surface area contributed by atoms with Crippen LogP contribution in [0.25, 0.3) is 0 Å². The van der Waals surface area contributed by atoms with Gasteiger partial charge < -0.3 is 14.7 Å². The Morgan fingerprint density at radius 1 is 1.30 bits per heavy atom. The van der Waals surface area contributed by atoms with Gasteiger partial charge in [0.05, 0.1) is 13.2 Å². The highest BCUT2D eigenvalue weighted by Crippen LogP contribution is 2.15. The molecule has 23 heavy (non-hydrogen) atoms. The van der Waals surface area contributed by atoms with Crippen molar-refractivity contribution in [3.63, 3.8) is 0 Å². The van der Waals surface area contributed by atoms with E-state index >= 15 is 0 Å². The molecule has 2 rings (SSSR count). The van der Waals surface area contributed by atoms with Crippen LogP contribution in [0.4, 0.5) is 0 Å². The molecule has 1 N–H and O–H groups in total. The lowest BCUT2D eigenvalue weighted by molar-refractivity contribution is -0.138. The van der Waals surface area contributed by atoms with Gasteiger partial charge in [-0.2, -0.15) is 0 Å². The van der Waals surface area contributed by atoms with Gasteiger partial charge in [-0.3, -0.25) is 9.69 Å². The van der Waals surface area contributed by atoms with E-state index in [2.05, 4.69) is 4.90 Å². The summed E-state index contributed by atoms with van der Waals surface area (Å²) >= 11 is 0. The van der Waals surface area contributed by atoms with E-state index in [9.17, 15) is 4.79 Å². The zero-order valence-corrected chi connectivity index (χ0v) is 14.5. The van der Waals surface area contributed by atoms with Crippen molar-refractivity contribution in [2.75, 3.05) is 39.8 Å². The number of carbonyl (C=O) groups is 1. The highest BCUT2D eigenvalue weighted by Gasteiger charge is 2.23. The van der Waals surface area contributed by atoms with Crippen molar-refractivity contribution in [3.05, 3.63) is 30.3 Å². The van der Waals surface area contributed by atoms with Crippen LogP contribution < -0.4 is 4.74 Å². The van der Waals surface area contributed by atoms with E-state index in [1.165, 1.54) is 0 Å². The topological polar surface area (TPSA) is 53.0 Å². The molecule has 0 aliphatic carbocycles. The van der Waals surface area contributed by atoms with Crippen molar-refractivity contribution in [1.29, 1.82) is 0 Å². The number of benzene rings is 1. The standard InChI is InChI=1S/C17H26N2O3.ClH/c1-18(14-17(20)21)15-8-11-19(12-9-15)10-5-13-22-16-6-3-2-4-7-16;/h2-4,6-7,15H,5,8-14H2,1H3,(H,20,21);1H. The average Bonchev–Trinajstić information content (AvgIpc) is 2.52. The summed E-state index contributed by atoms with van der Waals surface area (Å²) in [6.45, 7) is 4.00. The normalized spacial score (nSPS) is 16.1. The lowest BCUT2D eigenvalue weighted by atomic mass is 10.0. The zero-order chi connectivity index (χ0) is 15.8. The van der Waals surface area contributed by atoms with Gasteiger partial charge in [-0.25, -0.2) is 0 Å². The fourth-order valence-corrected chi connectivity index (χ4v) is 2.92. The number of rotatable bonds is 8. The third-order valence-electron chi connectivity index (χ3n) is 4.20. The third kappa shape index (κ3) is 7.20. The van der Waals surface area contributed by atoms with Crippen molar-refractivity contribution in [1.82, 2.24) is 9.80 Å². The molecule has 0 spiro atoms. The molecule has 130 valence electrons. The number of likely N-dealkylation sites (N-methyl/N-ethyl adjacent to an activating group) is 1. The summed E-state index contributed by atoms with van der Waals surface area (Å²) in [4.78, 5) is 15.1. The van der Waals surface area contributed by atoms with Crippen molar-refractivity contribution in [3.8, 4) is 5.75 Å². The highest BCUT2D eigenvalue weighted by atomic mass is 35.5. The SMILES string of the molecule is CN(CC(=O)O)C1CCN(CCCOc2ccccc2)CC1.Cl. The summed E-state index contributed by atoms with van der Waals surface area (Å²) in [5.41, 5.74) is 0. The highest BCUT2D eigenvalue weighted by molar-refractivity contribution is 5.85. The Hall–Kier alpha value is -1.30. The number of hydrogen-bond donors (Lipinski definition) is 1. The number of carboxylic acid groups (broad SMARTS) is 1. The molecule has 1 saturated heterocycles. The number of aliphatic carboxylic acids is 1. The average molecular weight is 343 g/mol. The van der Waals surface area contributed by atoms with Crippen LogP contribution in [0, 0.1) is 0 Å². The van der Waals surface area contributed by atoms with E-state index in [1.807, 2.05) is 42.3 Å². The summed E-state index contributed by atoms with van der Waals surface area (Å²) < 4.78 is 5.70. The second-order valence-corrected chi connectivity index (χ2v) is 5.90. The molecule has 1 aromatic rings. The molecule has 1 fully saturated rings. The van der Waals surface area contributed by atoms with Crippen molar-refractivity contribution in [2.45, 2.75) is 25.3 Å². The zero-order valence-electron chi connectivity index (χ0n) is 13.7. The number of ether oxygens (including phenoxy) is 1. The Labute approximate surface area is 144 Å². The van der Waals surface area contributed by atoms with Crippen LogP contribution >= 0.6 is 12.4 Å². The van der Waals surface area contributed by atoms with Gasteiger partial charge in [0, 0.05) is 12.6 Å². The van der Waals surface area contributed by atoms with Gasteiger partial charge in [-0.15, -0.1) is 12.4 Å². The lowest BCUT2D eigenvalue weighted by Gasteiger charge is -2.36. The van der Waals surface area contributed by atoms with E-state index in [1.54, 1.807) is 0 Å². The minimum atomic E-state index is -0.747. The van der Waals surface area contributed by atoms with Crippen LogP contribution in [0.1, 0.15) is 19.3 Å². The van der Waals surface area contributed by atoms with E-state index in [4.69, 9.17) is 9.84 Å². The predicted molar refractivity (Wildman–Crippen MR) is 93.5 cm³/mol. The summed E-state index contributed by atoms with van der Waals surface area (Å²) in [5, 5.41) is 8.84. The maximum absolute atomic E-state index is 10.7. The second kappa shape index (κ2) is 10.5. The van der Waals surface area contributed by atoms with Crippen LogP contribution in [0.15, 0.2) is 30.3 Å². The maximum Gasteiger partial charge on any atom is 0.317 e. The lowest BCUT2D eigenvalue weighted by Crippen LogP contribution is -2.45. The summed E-state index contributed by atoms with van der Waals surface area (Å²) in [6, 6.07) is 10.3. The minimum Gasteiger partial charge on any atom is -0.494 e. The molecule has 5 nitrogen and oxygen atoms in total. The number of piperidine rings is 1. The van der Waals surface area contributed by atoms with Crippen molar-refractivity contribution in [2.24, 2.45) is 0 Å². The number of halogens is 1. The first-order chi connectivity index (χ1) is 10.6. The van der Waals surface area contributed by atoms with Gasteiger partial charge >= 0.3 is 5.97 Å². The largest absolute Gasteiger partial charge is 0.494 e. The molecular weight excluding hydrogens is 316 g/mol. The maximum atomic E-state index is 10.7. The predicted octanol–water partition coefficient (Wildman–Crippen LogP) is 2.36. The first-order valence-electron chi connectivity index (χ1n) is 7.97. The monoisotopic (exact) mass is 342 g/mol. The van der Waals surface area contributed by atoms with Crippen LogP contribution in [0.2, 0.25) is 0 Å². The Bertz CT molecular complexity index is 450. The fraction of sp³-hybridized carbons (Fsp3) is 0.588. The fourth-order valence-electron chi connectivity index (χ4n) is 2.92. The van der Waals surface area contributed by atoms with Gasteiger partial charge in [0.15, 0.2) is 0 Å². The van der Waals surface area contributed by atoms with Crippen molar-refractivity contribution >= 4 is 18.4 Å². The number of hydrogen-bond acceptors (Lipinski definition) is 4. The first kappa shape index (κ1) is 19.7. The minimum absolute atomic E-state index is 0. The number of nitrogens with zero attached hydrogens (tertiary/aromatic N) is 2. The van der Waals surface area contributed by atoms with Gasteiger partial charge in [0.2, 0.25) is 0 Å². The molecule has 1 heterocycles.